The summed E-state index contributed by atoms with van der Waals surface area (Å²) in [5, 5.41) is 37.7. The minimum Gasteiger partial charge on any atom is -0.545 e. The van der Waals surface area contributed by atoms with Crippen molar-refractivity contribution in [2.24, 2.45) is 0 Å². The predicted octanol–water partition coefficient (Wildman–Crippen LogP) is -5.92. The maximum absolute atomic E-state index is 9.41. The van der Waals surface area contributed by atoms with Crippen molar-refractivity contribution in [2.45, 2.75) is 0 Å². The standard InChI is InChI=1S/2C4H4O4.2Mn/c2*5-3(6)1-2-4(7)8;;/h2*1-2H,(H,5,6)(H,7,8);;/q;;2*+2/p-4/b2*2-1-;;. The number of rotatable bonds is 4. The quantitative estimate of drug-likeness (QED) is 0.362. The summed E-state index contributed by atoms with van der Waals surface area (Å²) in [4.78, 5) is 37.7. The molecule has 0 aromatic carbocycles. The monoisotopic (exact) mass is 338 g/mol. The second kappa shape index (κ2) is 15.4. The van der Waals surface area contributed by atoms with Crippen molar-refractivity contribution >= 4 is 23.9 Å². The molecule has 8 nitrogen and oxygen atoms in total. The van der Waals surface area contributed by atoms with E-state index in [1.165, 1.54) is 0 Å². The molecule has 0 aliphatic rings. The fourth-order valence-corrected chi connectivity index (χ4v) is 0.272. The van der Waals surface area contributed by atoms with Crippen LogP contribution in [0.3, 0.4) is 0 Å². The number of carbonyl (C=O) groups is 4. The van der Waals surface area contributed by atoms with Gasteiger partial charge in [-0.1, -0.05) is 0 Å². The van der Waals surface area contributed by atoms with Gasteiger partial charge in [0.15, 0.2) is 0 Å². The third-order valence-electron chi connectivity index (χ3n) is 0.711. The van der Waals surface area contributed by atoms with Gasteiger partial charge < -0.3 is 39.6 Å². The van der Waals surface area contributed by atoms with Crippen LogP contribution in [0.4, 0.5) is 0 Å². The molecule has 0 spiro atoms. The van der Waals surface area contributed by atoms with Crippen LogP contribution in [0.2, 0.25) is 0 Å². The molecule has 0 unspecified atom stereocenters. The van der Waals surface area contributed by atoms with Gasteiger partial charge in [-0.3, -0.25) is 0 Å². The van der Waals surface area contributed by atoms with Crippen LogP contribution in [0.1, 0.15) is 0 Å². The van der Waals surface area contributed by atoms with Crippen LogP contribution in [0.25, 0.3) is 0 Å². The van der Waals surface area contributed by atoms with Crippen LogP contribution in [-0.2, 0) is 53.3 Å². The molecule has 18 heavy (non-hydrogen) atoms. The molecule has 0 saturated heterocycles. The van der Waals surface area contributed by atoms with Gasteiger partial charge >= 0.3 is 34.1 Å². The minimum atomic E-state index is -1.55. The molecular weight excluding hydrogens is 334 g/mol. The average molecular weight is 338 g/mol. The molecule has 0 aliphatic heterocycles. The molecule has 0 saturated carbocycles. The van der Waals surface area contributed by atoms with E-state index in [9.17, 15) is 39.6 Å². The number of hydrogen-bond donors (Lipinski definition) is 0. The first kappa shape index (κ1) is 25.3. The zero-order valence-electron chi connectivity index (χ0n) is 8.33. The van der Waals surface area contributed by atoms with Crippen molar-refractivity contribution in [3.05, 3.63) is 24.3 Å². The van der Waals surface area contributed by atoms with Crippen molar-refractivity contribution < 1.29 is 73.7 Å². The summed E-state index contributed by atoms with van der Waals surface area (Å²) in [5.41, 5.74) is 0. The smallest absolute Gasteiger partial charge is 0.545 e. The van der Waals surface area contributed by atoms with Gasteiger partial charge in [0.1, 0.15) is 0 Å². The van der Waals surface area contributed by atoms with Crippen molar-refractivity contribution in [1.82, 2.24) is 0 Å². The molecule has 0 amide bonds. The maximum Gasteiger partial charge on any atom is 2.00 e. The summed E-state index contributed by atoms with van der Waals surface area (Å²) in [7, 11) is 0. The molecule has 0 aromatic heterocycles. The van der Waals surface area contributed by atoms with Gasteiger partial charge in [-0.15, -0.1) is 0 Å². The molecular formula is C8H4Mn2O8. The molecule has 10 heteroatoms. The molecule has 98 valence electrons. The van der Waals surface area contributed by atoms with E-state index < -0.39 is 23.9 Å². The Bertz CT molecular complexity index is 281. The van der Waals surface area contributed by atoms with Gasteiger partial charge in [-0.05, 0) is 24.3 Å². The first-order valence-corrected chi connectivity index (χ1v) is 3.45. The predicted molar refractivity (Wildman–Crippen MR) is 38.3 cm³/mol. The van der Waals surface area contributed by atoms with E-state index in [0.29, 0.717) is 24.3 Å². The van der Waals surface area contributed by atoms with Crippen molar-refractivity contribution in [3.8, 4) is 0 Å². The SMILES string of the molecule is O=C([O-])/C=C\C(=O)[O-].O=C([O-])/C=C\C(=O)[O-].[Mn+2].[Mn+2]. The Kier molecular flexibility index (Phi) is 21.6. The zero-order valence-corrected chi connectivity index (χ0v) is 10.7. The van der Waals surface area contributed by atoms with E-state index in [1.54, 1.807) is 0 Å². The van der Waals surface area contributed by atoms with Crippen LogP contribution < -0.4 is 20.4 Å². The van der Waals surface area contributed by atoms with E-state index >= 15 is 0 Å². The fourth-order valence-electron chi connectivity index (χ4n) is 0.272. The van der Waals surface area contributed by atoms with Crippen LogP contribution in [0.5, 0.6) is 0 Å². The molecule has 2 radical (unpaired) electrons. The van der Waals surface area contributed by atoms with Gasteiger partial charge in [0.05, 0.1) is 23.9 Å². The summed E-state index contributed by atoms with van der Waals surface area (Å²) >= 11 is 0. The van der Waals surface area contributed by atoms with E-state index in [-0.39, 0.29) is 34.1 Å². The molecule has 0 bridgehead atoms. The maximum atomic E-state index is 9.41. The number of aliphatic carboxylic acids is 4. The van der Waals surface area contributed by atoms with Gasteiger partial charge in [-0.2, -0.15) is 0 Å². The Balaban J connectivity index is -0.0000000980. The van der Waals surface area contributed by atoms with E-state index in [1.807, 2.05) is 0 Å². The first-order valence-electron chi connectivity index (χ1n) is 3.45. The van der Waals surface area contributed by atoms with Crippen molar-refractivity contribution in [3.63, 3.8) is 0 Å². The second-order valence-electron chi connectivity index (χ2n) is 1.94. The van der Waals surface area contributed by atoms with Crippen molar-refractivity contribution in [1.29, 1.82) is 0 Å². The largest absolute Gasteiger partial charge is 2.00 e. The van der Waals surface area contributed by atoms with Crippen LogP contribution in [-0.4, -0.2) is 23.9 Å². The van der Waals surface area contributed by atoms with E-state index in [4.69, 9.17) is 0 Å². The second-order valence-corrected chi connectivity index (χ2v) is 1.94. The van der Waals surface area contributed by atoms with E-state index in [0.717, 1.165) is 0 Å². The molecule has 0 atom stereocenters. The summed E-state index contributed by atoms with van der Waals surface area (Å²) in [6.45, 7) is 0. The summed E-state index contributed by atoms with van der Waals surface area (Å²) < 4.78 is 0. The molecule has 0 heterocycles. The van der Waals surface area contributed by atoms with Crippen molar-refractivity contribution in [2.75, 3.05) is 0 Å². The fraction of sp³-hybridized carbons (Fsp3) is 0. The van der Waals surface area contributed by atoms with Crippen LogP contribution >= 0.6 is 0 Å². The Morgan fingerprint density at radius 1 is 0.500 bits per heavy atom. The third-order valence-corrected chi connectivity index (χ3v) is 0.711. The minimum absolute atomic E-state index is 0. The van der Waals surface area contributed by atoms with Gasteiger partial charge in [-0.25, -0.2) is 0 Å². The Labute approximate surface area is 122 Å². The number of carboxylic acids is 4. The normalized spacial score (nSPS) is 8.44. The Morgan fingerprint density at radius 3 is 0.667 bits per heavy atom. The molecule has 0 rings (SSSR count). The average Bonchev–Trinajstić information content (AvgIpc) is 2.12. The molecule has 0 fully saturated rings. The summed E-state index contributed by atoms with van der Waals surface area (Å²) in [6.07, 6.45) is 1.54. The topological polar surface area (TPSA) is 161 Å². The van der Waals surface area contributed by atoms with Gasteiger partial charge in [0.2, 0.25) is 0 Å². The summed E-state index contributed by atoms with van der Waals surface area (Å²) in [5.74, 6) is -6.19. The first-order chi connectivity index (χ1) is 7.25. The number of hydrogen-bond acceptors (Lipinski definition) is 8. The Hall–Kier alpha value is -1.60. The zero-order chi connectivity index (χ0) is 13.1. The van der Waals surface area contributed by atoms with E-state index in [2.05, 4.69) is 0 Å². The molecule has 0 aromatic rings. The molecule has 0 N–H and O–H groups in total. The van der Waals surface area contributed by atoms with Crippen LogP contribution in [0.15, 0.2) is 24.3 Å². The molecule has 0 aliphatic carbocycles. The third kappa shape index (κ3) is 36.6. The Morgan fingerprint density at radius 2 is 0.611 bits per heavy atom. The number of carboxylic acid groups (broad SMARTS) is 4. The van der Waals surface area contributed by atoms with Gasteiger partial charge in [0.25, 0.3) is 0 Å². The summed E-state index contributed by atoms with van der Waals surface area (Å²) in [6, 6.07) is 0. The van der Waals surface area contributed by atoms with Gasteiger partial charge in [0, 0.05) is 0 Å². The van der Waals surface area contributed by atoms with Crippen LogP contribution in [0, 0.1) is 0 Å². The number of carbonyl (C=O) groups excluding carboxylic acids is 4.